The van der Waals surface area contributed by atoms with Crippen molar-refractivity contribution in [2.75, 3.05) is 11.5 Å². The second-order valence-electron chi connectivity index (χ2n) is 1.02. The molecule has 56 valence electrons. The van der Waals surface area contributed by atoms with Crippen LogP contribution >= 0.6 is 33.5 Å². The summed E-state index contributed by atoms with van der Waals surface area (Å²) in [6, 6.07) is 0. The molecule has 0 saturated heterocycles. The van der Waals surface area contributed by atoms with Crippen LogP contribution in [0.1, 0.15) is 6.42 Å². The molecule has 0 rings (SSSR count). The van der Waals surface area contributed by atoms with Gasteiger partial charge in [-0.15, -0.1) is 0 Å². The Morgan fingerprint density at radius 2 is 1.27 bits per heavy atom. The Labute approximate surface area is 123 Å². The normalized spacial score (nSPS) is 6.18. The molecule has 0 fully saturated rings. The molecule has 0 bridgehead atoms. The quantitative estimate of drug-likeness (QED) is 0.283. The Morgan fingerprint density at radius 1 is 1.09 bits per heavy atom. The summed E-state index contributed by atoms with van der Waals surface area (Å²) in [5.41, 5.74) is 0. The molecule has 0 aliphatic heterocycles. The molecule has 0 aliphatic carbocycles. The number of rotatable bonds is 2. The van der Waals surface area contributed by atoms with Crippen molar-refractivity contribution >= 4 is 33.5 Å². The van der Waals surface area contributed by atoms with Gasteiger partial charge in [0, 0.05) is 0 Å². The van der Waals surface area contributed by atoms with E-state index in [0.717, 1.165) is 17.9 Å². The van der Waals surface area contributed by atoms with Gasteiger partial charge in [0.05, 0.1) is 0 Å². The van der Waals surface area contributed by atoms with Gasteiger partial charge in [-0.3, -0.25) is 0 Å². The maximum atomic E-state index is 8.48. The minimum Gasteiger partial charge on any atom is -0.598 e. The van der Waals surface area contributed by atoms with Gasteiger partial charge >= 0.3 is 59.1 Å². The van der Waals surface area contributed by atoms with Crippen LogP contribution in [0, 0.1) is 0 Å². The zero-order valence-electron chi connectivity index (χ0n) is 6.69. The van der Waals surface area contributed by atoms with E-state index in [4.69, 9.17) is 14.4 Å². The molecule has 0 N–H and O–H groups in total. The third-order valence-electron chi connectivity index (χ3n) is 0.316. The Morgan fingerprint density at radius 3 is 1.27 bits per heavy atom. The Bertz CT molecular complexity index is 71.6. The monoisotopic (exact) mass is 233 g/mol. The second kappa shape index (κ2) is 23.0. The Kier molecular flexibility index (Phi) is 49.1. The van der Waals surface area contributed by atoms with Gasteiger partial charge < -0.3 is 9.79 Å². The molecule has 0 saturated carbocycles. The van der Waals surface area contributed by atoms with Crippen LogP contribution in [0.25, 0.3) is 0 Å². The molecule has 0 aromatic heterocycles. The fourth-order valence-electron chi connectivity index (χ4n) is 0.0707. The molecule has 0 unspecified atom stereocenters. The number of thiol groups is 2. The van der Waals surface area contributed by atoms with E-state index in [2.05, 4.69) is 25.3 Å². The molecule has 0 aromatic carbocycles. The van der Waals surface area contributed by atoms with E-state index in [1.807, 2.05) is 0 Å². The van der Waals surface area contributed by atoms with E-state index in [0.29, 0.717) is 0 Å². The van der Waals surface area contributed by atoms with Gasteiger partial charge in [-0.2, -0.15) is 25.3 Å². The van der Waals surface area contributed by atoms with E-state index in [9.17, 15) is 0 Å². The average molecular weight is 233 g/mol. The van der Waals surface area contributed by atoms with Gasteiger partial charge in [0.1, 0.15) is 0 Å². The van der Waals surface area contributed by atoms with Crippen LogP contribution in [-0.4, -0.2) is 11.5 Å². The van der Waals surface area contributed by atoms with Crippen molar-refractivity contribution in [3.05, 3.63) is 0 Å². The maximum Gasteiger partial charge on any atom is 1.00 e. The summed E-state index contributed by atoms with van der Waals surface area (Å²) >= 11 is 7.90. The fourth-order valence-corrected chi connectivity index (χ4v) is 0.636. The molecule has 0 aromatic rings. The zero-order chi connectivity index (χ0) is 7.70. The third kappa shape index (κ3) is 65.6. The van der Waals surface area contributed by atoms with E-state index >= 15 is 0 Å². The predicted octanol–water partition coefficient (Wildman–Crippen LogP) is -6.39. The van der Waals surface area contributed by atoms with Gasteiger partial charge in [0.25, 0.3) is 8.25 Å². The summed E-state index contributed by atoms with van der Waals surface area (Å²) in [5, 5.41) is 0. The van der Waals surface area contributed by atoms with Crippen LogP contribution in [0.3, 0.4) is 0 Å². The number of hydrogen-bond acceptors (Lipinski definition) is 5. The smallest absolute Gasteiger partial charge is 0.598 e. The van der Waals surface area contributed by atoms with Crippen LogP contribution in [-0.2, 0) is 4.57 Å². The molecule has 8 heteroatoms. The van der Waals surface area contributed by atoms with Crippen LogP contribution in [0.5, 0.6) is 0 Å². The molecule has 0 heterocycles. The van der Waals surface area contributed by atoms with Crippen LogP contribution in [0.2, 0.25) is 0 Å². The minimum atomic E-state index is -3.37. The fraction of sp³-hybridized carbons (Fsp3) is 1.00. The first kappa shape index (κ1) is 23.5. The topological polar surface area (TPSA) is 63.2 Å². The summed E-state index contributed by atoms with van der Waals surface area (Å²) in [6.45, 7) is 0. The van der Waals surface area contributed by atoms with Crippen molar-refractivity contribution in [3.8, 4) is 0 Å². The molecule has 3 nitrogen and oxygen atoms in total. The average Bonchev–Trinajstić information content (AvgIpc) is 1.66. The summed E-state index contributed by atoms with van der Waals surface area (Å²) < 4.78 is 8.48. The molecule has 0 spiro atoms. The zero-order valence-corrected chi connectivity index (χ0v) is 13.4. The Hall–Kier alpha value is 2.72. The van der Waals surface area contributed by atoms with Crippen LogP contribution < -0.4 is 68.9 Å². The van der Waals surface area contributed by atoms with Crippen molar-refractivity contribution < 1.29 is 73.5 Å². The summed E-state index contributed by atoms with van der Waals surface area (Å²) in [7, 11) is -3.37. The van der Waals surface area contributed by atoms with Crippen molar-refractivity contribution in [2.45, 2.75) is 6.42 Å². The van der Waals surface area contributed by atoms with Gasteiger partial charge in [0.15, 0.2) is 0 Å². The SMILES string of the molecule is O=[P+]([O-])[O-].SCCCS.[Na+].[Na+]. The predicted molar refractivity (Wildman–Crippen MR) is 39.9 cm³/mol. The molecule has 11 heavy (non-hydrogen) atoms. The van der Waals surface area contributed by atoms with Gasteiger partial charge in [-0.05, 0) is 17.9 Å². The van der Waals surface area contributed by atoms with Crippen LogP contribution in [0.4, 0.5) is 0 Å². The summed E-state index contributed by atoms with van der Waals surface area (Å²) in [6.07, 6.45) is 1.12. The van der Waals surface area contributed by atoms with Gasteiger partial charge in [-0.25, -0.2) is 0 Å². The number of hydrogen-bond donors (Lipinski definition) is 2. The van der Waals surface area contributed by atoms with Gasteiger partial charge in [0.2, 0.25) is 0 Å². The molecular weight excluding hydrogens is 225 g/mol. The van der Waals surface area contributed by atoms with E-state index < -0.39 is 8.25 Å². The minimum absolute atomic E-state index is 0. The summed E-state index contributed by atoms with van der Waals surface area (Å²) in [4.78, 5) is 17.0. The summed E-state index contributed by atoms with van der Waals surface area (Å²) in [5.74, 6) is 1.92. The van der Waals surface area contributed by atoms with E-state index in [-0.39, 0.29) is 59.1 Å². The van der Waals surface area contributed by atoms with E-state index in [1.165, 1.54) is 0 Å². The van der Waals surface area contributed by atoms with Crippen molar-refractivity contribution in [1.29, 1.82) is 0 Å². The Balaban J connectivity index is -0.0000000383. The second-order valence-corrected chi connectivity index (χ2v) is 2.37. The van der Waals surface area contributed by atoms with Crippen LogP contribution in [0.15, 0.2) is 0 Å². The largest absolute Gasteiger partial charge is 1.00 e. The van der Waals surface area contributed by atoms with E-state index in [1.54, 1.807) is 0 Å². The standard InChI is InChI=1S/C3H8S2.2Na.HO3P/c4-2-1-3-5;;;1-4(2)3/h4-5H,1-3H2;;;(H,1,2,3)/q;2*+1;/p-1. The third-order valence-corrected chi connectivity index (χ3v) is 0.949. The molecule has 0 radical (unpaired) electrons. The first-order chi connectivity index (χ1) is 4.15. The molecule has 0 amide bonds. The molecular formula is C3H8Na2O3PS2+. The molecule has 0 atom stereocenters. The first-order valence-electron chi connectivity index (χ1n) is 2.18. The first-order valence-corrected chi connectivity index (χ1v) is 4.54. The maximum absolute atomic E-state index is 8.48. The van der Waals surface area contributed by atoms with Crippen molar-refractivity contribution in [3.63, 3.8) is 0 Å². The van der Waals surface area contributed by atoms with Crippen molar-refractivity contribution in [1.82, 2.24) is 0 Å². The van der Waals surface area contributed by atoms with Gasteiger partial charge in [-0.1, -0.05) is 4.57 Å². The van der Waals surface area contributed by atoms with Crippen molar-refractivity contribution in [2.24, 2.45) is 0 Å². The molecule has 0 aliphatic rings.